The average Bonchev–Trinajstić information content (AvgIpc) is 2.69. The highest BCUT2D eigenvalue weighted by Crippen LogP contribution is 2.29. The molecule has 5 heteroatoms. The lowest BCUT2D eigenvalue weighted by Crippen LogP contribution is -2.39. The number of carbonyl (C=O) groups is 1. The van der Waals surface area contributed by atoms with E-state index >= 15 is 0 Å². The van der Waals surface area contributed by atoms with Gasteiger partial charge in [-0.2, -0.15) is 0 Å². The van der Waals surface area contributed by atoms with E-state index in [1.54, 1.807) is 11.3 Å². The van der Waals surface area contributed by atoms with E-state index in [4.69, 9.17) is 5.73 Å². The number of nitrogens with one attached hydrogen (secondary N) is 1. The number of amides is 1. The van der Waals surface area contributed by atoms with Gasteiger partial charge >= 0.3 is 0 Å². The summed E-state index contributed by atoms with van der Waals surface area (Å²) >= 11 is 1.59. The Balaban J connectivity index is 2.04. The van der Waals surface area contributed by atoms with Gasteiger partial charge in [0.05, 0.1) is 11.7 Å². The van der Waals surface area contributed by atoms with Gasteiger partial charge in [0.1, 0.15) is 0 Å². The van der Waals surface area contributed by atoms with Crippen molar-refractivity contribution in [3.63, 3.8) is 0 Å². The Labute approximate surface area is 106 Å². The first-order valence-corrected chi connectivity index (χ1v) is 6.94. The van der Waals surface area contributed by atoms with Gasteiger partial charge in [0.2, 0.25) is 5.91 Å². The van der Waals surface area contributed by atoms with Crippen LogP contribution in [0.3, 0.4) is 0 Å². The number of anilines is 1. The fourth-order valence-corrected chi connectivity index (χ4v) is 2.95. The standard InChI is InChI=1S/C12H19N3OS/c1-7(2)10(13)11(16)15-12-14-8-5-3-4-6-9(8)17-12/h7,10H,3-6,13H2,1-2H3,(H,14,15,16)/t10-/m1/s1. The van der Waals surface area contributed by atoms with Crippen molar-refractivity contribution in [3.05, 3.63) is 10.6 Å². The van der Waals surface area contributed by atoms with Crippen molar-refractivity contribution >= 4 is 22.4 Å². The Morgan fingerprint density at radius 2 is 2.12 bits per heavy atom. The van der Waals surface area contributed by atoms with E-state index in [1.807, 2.05) is 13.8 Å². The Morgan fingerprint density at radius 3 is 2.76 bits per heavy atom. The Bertz CT molecular complexity index is 390. The number of carbonyl (C=O) groups excluding carboxylic acids is 1. The van der Waals surface area contributed by atoms with Crippen molar-refractivity contribution in [3.8, 4) is 0 Å². The molecule has 0 saturated carbocycles. The van der Waals surface area contributed by atoms with Crippen LogP contribution in [0.15, 0.2) is 0 Å². The first-order valence-electron chi connectivity index (χ1n) is 6.13. The van der Waals surface area contributed by atoms with E-state index in [0.717, 1.165) is 18.5 Å². The highest BCUT2D eigenvalue weighted by atomic mass is 32.1. The molecule has 17 heavy (non-hydrogen) atoms. The number of nitrogens with two attached hydrogens (primary N) is 1. The van der Waals surface area contributed by atoms with Gasteiger partial charge < -0.3 is 11.1 Å². The summed E-state index contributed by atoms with van der Waals surface area (Å²) in [5, 5.41) is 3.53. The fraction of sp³-hybridized carbons (Fsp3) is 0.667. The van der Waals surface area contributed by atoms with Gasteiger partial charge in [-0.1, -0.05) is 13.8 Å². The summed E-state index contributed by atoms with van der Waals surface area (Å²) in [4.78, 5) is 17.6. The summed E-state index contributed by atoms with van der Waals surface area (Å²) in [6, 6.07) is -0.462. The monoisotopic (exact) mass is 253 g/mol. The zero-order chi connectivity index (χ0) is 12.4. The first kappa shape index (κ1) is 12.5. The van der Waals surface area contributed by atoms with Gasteiger partial charge in [-0.15, -0.1) is 11.3 Å². The van der Waals surface area contributed by atoms with Crippen molar-refractivity contribution < 1.29 is 4.79 Å². The molecule has 0 unspecified atom stereocenters. The molecule has 1 aromatic heterocycles. The molecule has 1 aliphatic rings. The predicted octanol–water partition coefficient (Wildman–Crippen LogP) is 1.94. The lowest BCUT2D eigenvalue weighted by atomic mass is 10.0. The molecule has 3 N–H and O–H groups in total. The van der Waals surface area contributed by atoms with Crippen LogP contribution in [0.1, 0.15) is 37.3 Å². The molecular formula is C12H19N3OS. The quantitative estimate of drug-likeness (QED) is 0.865. The molecule has 4 nitrogen and oxygen atoms in total. The zero-order valence-corrected chi connectivity index (χ0v) is 11.1. The lowest BCUT2D eigenvalue weighted by molar-refractivity contribution is -0.118. The minimum absolute atomic E-state index is 0.133. The number of hydrogen-bond donors (Lipinski definition) is 2. The van der Waals surface area contributed by atoms with Gasteiger partial charge in [-0.05, 0) is 31.6 Å². The molecule has 0 aromatic carbocycles. The minimum atomic E-state index is -0.462. The third kappa shape index (κ3) is 2.84. The third-order valence-corrected chi connectivity index (χ3v) is 4.17. The Kier molecular flexibility index (Phi) is 3.79. The molecular weight excluding hydrogens is 234 g/mol. The number of aryl methyl sites for hydroxylation is 2. The summed E-state index contributed by atoms with van der Waals surface area (Å²) in [5.74, 6) is 0.00989. The molecule has 1 amide bonds. The van der Waals surface area contributed by atoms with Crippen LogP contribution >= 0.6 is 11.3 Å². The lowest BCUT2D eigenvalue weighted by Gasteiger charge is -2.13. The van der Waals surface area contributed by atoms with Crippen LogP contribution < -0.4 is 11.1 Å². The normalized spacial score (nSPS) is 16.7. The van der Waals surface area contributed by atoms with Crippen molar-refractivity contribution in [2.24, 2.45) is 11.7 Å². The largest absolute Gasteiger partial charge is 0.320 e. The molecule has 0 fully saturated rings. The van der Waals surface area contributed by atoms with Gasteiger partial charge in [0.15, 0.2) is 5.13 Å². The maximum Gasteiger partial charge on any atom is 0.243 e. The molecule has 1 atom stereocenters. The third-order valence-electron chi connectivity index (χ3n) is 3.10. The molecule has 0 saturated heterocycles. The van der Waals surface area contributed by atoms with E-state index in [-0.39, 0.29) is 11.8 Å². The van der Waals surface area contributed by atoms with Crippen LogP contribution in [0.4, 0.5) is 5.13 Å². The summed E-state index contributed by atoms with van der Waals surface area (Å²) in [5.41, 5.74) is 6.96. The number of aromatic nitrogens is 1. The van der Waals surface area contributed by atoms with Crippen molar-refractivity contribution in [2.75, 3.05) is 5.32 Å². The summed E-state index contributed by atoms with van der Waals surface area (Å²) in [6.07, 6.45) is 4.57. The van der Waals surface area contributed by atoms with Crippen LogP contribution in [0, 0.1) is 5.92 Å². The molecule has 1 heterocycles. The van der Waals surface area contributed by atoms with Crippen molar-refractivity contribution in [1.82, 2.24) is 4.98 Å². The van der Waals surface area contributed by atoms with Crippen LogP contribution in [0.25, 0.3) is 0 Å². The second-order valence-corrected chi connectivity index (χ2v) is 5.94. The van der Waals surface area contributed by atoms with Gasteiger partial charge in [0, 0.05) is 4.88 Å². The molecule has 1 aromatic rings. The molecule has 0 radical (unpaired) electrons. The first-order chi connectivity index (χ1) is 8.08. The number of rotatable bonds is 3. The van der Waals surface area contributed by atoms with Gasteiger partial charge in [-0.3, -0.25) is 4.79 Å². The maximum atomic E-state index is 11.8. The summed E-state index contributed by atoms with van der Waals surface area (Å²) in [6.45, 7) is 3.88. The van der Waals surface area contributed by atoms with Gasteiger partial charge in [-0.25, -0.2) is 4.98 Å². The minimum Gasteiger partial charge on any atom is -0.320 e. The SMILES string of the molecule is CC(C)[C@@H](N)C(=O)Nc1nc2c(s1)CCCC2. The molecule has 0 bridgehead atoms. The molecule has 2 rings (SSSR count). The second kappa shape index (κ2) is 5.14. The van der Waals surface area contributed by atoms with Crippen LogP contribution in [-0.4, -0.2) is 16.9 Å². The maximum absolute atomic E-state index is 11.8. The number of fused-ring (bicyclic) bond motifs is 1. The smallest absolute Gasteiger partial charge is 0.243 e. The van der Waals surface area contributed by atoms with Gasteiger partial charge in [0.25, 0.3) is 0 Å². The molecule has 0 aliphatic heterocycles. The van der Waals surface area contributed by atoms with Crippen LogP contribution in [0.5, 0.6) is 0 Å². The number of hydrogen-bond acceptors (Lipinski definition) is 4. The fourth-order valence-electron chi connectivity index (χ4n) is 1.90. The van der Waals surface area contributed by atoms with Crippen LogP contribution in [0.2, 0.25) is 0 Å². The van der Waals surface area contributed by atoms with Crippen molar-refractivity contribution in [2.45, 2.75) is 45.6 Å². The zero-order valence-electron chi connectivity index (χ0n) is 10.3. The van der Waals surface area contributed by atoms with E-state index in [2.05, 4.69) is 10.3 Å². The Hall–Kier alpha value is -0.940. The average molecular weight is 253 g/mol. The number of nitrogens with zero attached hydrogens (tertiary/aromatic N) is 1. The topological polar surface area (TPSA) is 68.0 Å². The predicted molar refractivity (Wildman–Crippen MR) is 70.2 cm³/mol. The van der Waals surface area contributed by atoms with Crippen molar-refractivity contribution in [1.29, 1.82) is 0 Å². The van der Waals surface area contributed by atoms with Crippen LogP contribution in [-0.2, 0) is 17.6 Å². The molecule has 1 aliphatic carbocycles. The van der Waals surface area contributed by atoms with E-state index in [9.17, 15) is 4.79 Å². The second-order valence-electron chi connectivity index (χ2n) is 4.86. The number of thiazole rings is 1. The summed E-state index contributed by atoms with van der Waals surface area (Å²) in [7, 11) is 0. The van der Waals surface area contributed by atoms with E-state index in [1.165, 1.54) is 17.7 Å². The summed E-state index contributed by atoms with van der Waals surface area (Å²) < 4.78 is 0. The van der Waals surface area contributed by atoms with E-state index in [0.29, 0.717) is 5.13 Å². The highest BCUT2D eigenvalue weighted by Gasteiger charge is 2.20. The Morgan fingerprint density at radius 1 is 1.41 bits per heavy atom. The molecule has 0 spiro atoms. The molecule has 94 valence electrons. The van der Waals surface area contributed by atoms with E-state index < -0.39 is 6.04 Å². The highest BCUT2D eigenvalue weighted by molar-refractivity contribution is 7.15.